The molecule has 1 unspecified atom stereocenters. The Morgan fingerprint density at radius 1 is 0.765 bits per heavy atom. The number of aliphatic hydroxyl groups excluding tert-OH is 1. The Bertz CT molecular complexity index is 1780. The highest BCUT2D eigenvalue weighted by molar-refractivity contribution is 14.1. The Morgan fingerprint density at radius 3 is 1.80 bits per heavy atom. The Balaban J connectivity index is 2.54. The van der Waals surface area contributed by atoms with Crippen LogP contribution in [0.2, 0.25) is 0 Å². The number of rotatable bonds is 13. The first kappa shape index (κ1) is 46.0. The summed E-state index contributed by atoms with van der Waals surface area (Å²) in [5.41, 5.74) is 0.485. The van der Waals surface area contributed by atoms with Crippen LogP contribution in [0.4, 0.5) is 16.2 Å². The van der Waals surface area contributed by atoms with Gasteiger partial charge in [0.05, 0.1) is 67.7 Å². The fourth-order valence-electron chi connectivity index (χ4n) is 3.99. The lowest BCUT2D eigenvalue weighted by molar-refractivity contribution is -0.116. The zero-order valence-corrected chi connectivity index (χ0v) is 40.1. The number of aliphatic hydroxyl groups is 1. The number of halogens is 6. The van der Waals surface area contributed by atoms with Crippen molar-refractivity contribution in [2.45, 2.75) is 27.1 Å². The zero-order valence-electron chi connectivity index (χ0n) is 27.2. The van der Waals surface area contributed by atoms with Crippen molar-refractivity contribution in [2.75, 3.05) is 50.6 Å². The number of hydrogen-bond donors (Lipinski definition) is 5. The Hall–Kier alpha value is -1.13. The molecule has 51 heavy (non-hydrogen) atoms. The summed E-state index contributed by atoms with van der Waals surface area (Å²) in [6.07, 6.45) is -2.45. The molecule has 22 heteroatoms. The lowest BCUT2D eigenvalue weighted by atomic mass is 10.1. The summed E-state index contributed by atoms with van der Waals surface area (Å²) in [4.78, 5) is 91.8. The minimum atomic E-state index is -1.38. The van der Waals surface area contributed by atoms with Crippen LogP contribution in [-0.4, -0.2) is 93.5 Å². The number of carbonyl (C=O) groups is 7. The third-order valence-electron chi connectivity index (χ3n) is 6.40. The maximum absolute atomic E-state index is 13.6. The highest BCUT2D eigenvalue weighted by atomic mass is 127. The third kappa shape index (κ3) is 11.4. The van der Waals surface area contributed by atoms with Gasteiger partial charge >= 0.3 is 12.1 Å². The van der Waals surface area contributed by atoms with Crippen LogP contribution < -0.4 is 26.2 Å². The number of amides is 5. The fraction of sp³-hybridized carbons (Fsp3) is 0.345. The highest BCUT2D eigenvalue weighted by Crippen LogP contribution is 2.38. The minimum absolute atomic E-state index is 0.0119. The standard InChI is InChI=1S/C29H29I6N5O11/c1-6-49-29(48)51-11(3)50-28(47)16-18(31)13(26(45)37-7-8-41)19(32)23(20(16)33)39-12(43)9-38-27(46)15-17(30)14(25(44)36-4)21(34)24(22(15)35)40(5)10(2)42/h11,41H,6-9H2,1-5H3,(H,36,44)(H,37,45)(H,38,46)(H,39,43). The third-order valence-corrected chi connectivity index (χ3v) is 12.8. The molecule has 5 amide bonds. The van der Waals surface area contributed by atoms with Crippen LogP contribution in [0.3, 0.4) is 0 Å². The van der Waals surface area contributed by atoms with Gasteiger partial charge in [-0.05, 0) is 142 Å². The van der Waals surface area contributed by atoms with Gasteiger partial charge in [-0.2, -0.15) is 0 Å². The molecule has 0 aliphatic carbocycles. The van der Waals surface area contributed by atoms with Crippen LogP contribution in [0.5, 0.6) is 0 Å². The van der Waals surface area contributed by atoms with Crippen LogP contribution in [0, 0.1) is 21.4 Å². The molecule has 0 spiro atoms. The van der Waals surface area contributed by atoms with Gasteiger partial charge in [-0.1, -0.05) is 0 Å². The first-order chi connectivity index (χ1) is 23.8. The van der Waals surface area contributed by atoms with Crippen LogP contribution in [0.25, 0.3) is 0 Å². The van der Waals surface area contributed by atoms with E-state index in [0.29, 0.717) is 16.4 Å². The van der Waals surface area contributed by atoms with E-state index in [1.807, 2.05) is 90.4 Å². The molecule has 0 saturated heterocycles. The molecule has 0 fully saturated rings. The van der Waals surface area contributed by atoms with Crippen molar-refractivity contribution in [2.24, 2.45) is 0 Å². The molecule has 0 aliphatic rings. The van der Waals surface area contributed by atoms with Crippen LogP contribution in [0.1, 0.15) is 62.2 Å². The van der Waals surface area contributed by atoms with E-state index in [9.17, 15) is 38.7 Å². The molecule has 0 saturated carbocycles. The number of anilines is 2. The number of benzene rings is 2. The SMILES string of the molecule is CCOC(=O)OC(C)OC(=O)c1c(I)c(NC(=O)CNC(=O)c2c(I)c(C(=O)NC)c(I)c(N(C)C(C)=O)c2I)c(I)c(C(=O)NCCO)c1I. The number of ether oxygens (including phenoxy) is 3. The number of nitrogens with one attached hydrogen (secondary N) is 4. The van der Waals surface area contributed by atoms with Crippen molar-refractivity contribution < 1.29 is 52.9 Å². The summed E-state index contributed by atoms with van der Waals surface area (Å²) in [6, 6.07) is 0. The van der Waals surface area contributed by atoms with Crippen molar-refractivity contribution in [1.82, 2.24) is 16.0 Å². The fourth-order valence-corrected chi connectivity index (χ4v) is 13.2. The zero-order chi connectivity index (χ0) is 38.9. The van der Waals surface area contributed by atoms with E-state index in [1.54, 1.807) is 52.1 Å². The summed E-state index contributed by atoms with van der Waals surface area (Å²) in [5.74, 6) is -3.93. The molecule has 16 nitrogen and oxygen atoms in total. The van der Waals surface area contributed by atoms with Crippen molar-refractivity contribution in [1.29, 1.82) is 0 Å². The quantitative estimate of drug-likeness (QED) is 0.107. The molecule has 2 aromatic rings. The van der Waals surface area contributed by atoms with Crippen LogP contribution >= 0.6 is 136 Å². The summed E-state index contributed by atoms with van der Waals surface area (Å²) in [5, 5.41) is 19.5. The van der Waals surface area contributed by atoms with E-state index >= 15 is 0 Å². The molecule has 0 bridgehead atoms. The molecular formula is C29H29I6N5O11. The second-order valence-electron chi connectivity index (χ2n) is 9.75. The Labute approximate surface area is 373 Å². The van der Waals surface area contributed by atoms with Crippen molar-refractivity contribution in [3.63, 3.8) is 0 Å². The summed E-state index contributed by atoms with van der Waals surface area (Å²) < 4.78 is 16.6. The predicted molar refractivity (Wildman–Crippen MR) is 235 cm³/mol. The molecule has 0 radical (unpaired) electrons. The van der Waals surface area contributed by atoms with Crippen molar-refractivity contribution >= 4 is 189 Å². The number of carbonyl (C=O) groups excluding carboxylic acids is 7. The number of hydrogen-bond acceptors (Lipinski definition) is 11. The van der Waals surface area contributed by atoms with E-state index < -0.39 is 48.6 Å². The molecular weight excluding hydrogens is 1360 g/mol. The van der Waals surface area contributed by atoms with Gasteiger partial charge in [0.2, 0.25) is 18.1 Å². The maximum atomic E-state index is 13.6. The first-order valence-corrected chi connectivity index (χ1v) is 20.7. The molecule has 278 valence electrons. The van der Waals surface area contributed by atoms with Gasteiger partial charge in [-0.3, -0.25) is 24.0 Å². The second-order valence-corrected chi connectivity index (χ2v) is 16.2. The normalized spacial score (nSPS) is 11.1. The molecule has 5 N–H and O–H groups in total. The van der Waals surface area contributed by atoms with Crippen molar-refractivity contribution in [3.8, 4) is 0 Å². The second kappa shape index (κ2) is 21.1. The molecule has 2 aromatic carbocycles. The van der Waals surface area contributed by atoms with Gasteiger partial charge in [0.15, 0.2) is 0 Å². The van der Waals surface area contributed by atoms with Gasteiger partial charge in [0.25, 0.3) is 17.7 Å². The van der Waals surface area contributed by atoms with Crippen LogP contribution in [0.15, 0.2) is 0 Å². The van der Waals surface area contributed by atoms with Gasteiger partial charge in [-0.15, -0.1) is 0 Å². The van der Waals surface area contributed by atoms with E-state index in [-0.39, 0.29) is 64.3 Å². The summed E-state index contributed by atoms with van der Waals surface area (Å²) in [6.45, 7) is 3.18. The Kier molecular flexibility index (Phi) is 19.0. The maximum Gasteiger partial charge on any atom is 0.511 e. The van der Waals surface area contributed by atoms with E-state index in [2.05, 4.69) is 21.3 Å². The predicted octanol–water partition coefficient (Wildman–Crippen LogP) is 4.42. The van der Waals surface area contributed by atoms with Crippen molar-refractivity contribution in [3.05, 3.63) is 43.7 Å². The topological polar surface area (TPSA) is 219 Å². The van der Waals surface area contributed by atoms with Gasteiger partial charge < -0.3 is 45.5 Å². The smallest absolute Gasteiger partial charge is 0.435 e. The van der Waals surface area contributed by atoms with E-state index in [4.69, 9.17) is 14.2 Å². The number of nitrogens with zero attached hydrogens (tertiary/aromatic N) is 1. The van der Waals surface area contributed by atoms with E-state index in [0.717, 1.165) is 0 Å². The monoisotopic (exact) mass is 1380 g/mol. The summed E-state index contributed by atoms with van der Waals surface area (Å²) >= 11 is 11.1. The molecule has 0 aromatic heterocycles. The van der Waals surface area contributed by atoms with Gasteiger partial charge in [0.1, 0.15) is 0 Å². The lowest BCUT2D eigenvalue weighted by Crippen LogP contribution is -2.36. The molecule has 0 aliphatic heterocycles. The van der Waals surface area contributed by atoms with Crippen LogP contribution in [-0.2, 0) is 23.8 Å². The van der Waals surface area contributed by atoms with E-state index in [1.165, 1.54) is 32.8 Å². The largest absolute Gasteiger partial charge is 0.511 e. The molecule has 1 atom stereocenters. The van der Waals surface area contributed by atoms with Gasteiger partial charge in [-0.25, -0.2) is 9.59 Å². The van der Waals surface area contributed by atoms with Gasteiger partial charge in [0, 0.05) is 41.6 Å². The summed E-state index contributed by atoms with van der Waals surface area (Å²) in [7, 11) is 2.95. The highest BCUT2D eigenvalue weighted by Gasteiger charge is 2.32. The average Bonchev–Trinajstić information content (AvgIpc) is 3.04. The minimum Gasteiger partial charge on any atom is -0.435 e. The molecule has 2 rings (SSSR count). The Morgan fingerprint density at radius 2 is 1.27 bits per heavy atom. The molecule has 0 heterocycles. The first-order valence-electron chi connectivity index (χ1n) is 14.2. The average molecular weight is 1380 g/mol. The number of esters is 1. The lowest BCUT2D eigenvalue weighted by Gasteiger charge is -2.24.